The molecule has 3 heterocycles. The Bertz CT molecular complexity index is 1350. The first-order chi connectivity index (χ1) is 15.6. The van der Waals surface area contributed by atoms with Gasteiger partial charge in [0.25, 0.3) is 5.91 Å². The Morgan fingerprint density at radius 3 is 2.62 bits per heavy atom. The average Bonchev–Trinajstić information content (AvgIpc) is 3.44. The maximum atomic E-state index is 13.4. The molecule has 1 fully saturated rings. The number of nitrogens with zero attached hydrogens (tertiary/aromatic N) is 2. The first-order valence-electron chi connectivity index (χ1n) is 10.6. The fourth-order valence-corrected chi connectivity index (χ4v) is 5.02. The van der Waals surface area contributed by atoms with Crippen LogP contribution in [0, 0.1) is 13.8 Å². The molecule has 0 atom stereocenters. The van der Waals surface area contributed by atoms with E-state index in [9.17, 15) is 4.79 Å². The number of benzene rings is 2. The second-order valence-corrected chi connectivity index (χ2v) is 8.95. The van der Waals surface area contributed by atoms with Crippen molar-refractivity contribution in [2.24, 2.45) is 4.99 Å². The molecule has 4 aromatic rings. The number of fused-ring (bicyclic) bond motifs is 1. The maximum Gasteiger partial charge on any atom is 0.266 e. The van der Waals surface area contributed by atoms with Gasteiger partial charge in [0.1, 0.15) is 0 Å². The van der Waals surface area contributed by atoms with Crippen molar-refractivity contribution in [1.29, 1.82) is 0 Å². The summed E-state index contributed by atoms with van der Waals surface area (Å²) in [5, 5.41) is 1.92. The van der Waals surface area contributed by atoms with Gasteiger partial charge >= 0.3 is 0 Å². The molecule has 0 aliphatic carbocycles. The van der Waals surface area contributed by atoms with Crippen molar-refractivity contribution in [2.75, 3.05) is 6.54 Å². The van der Waals surface area contributed by atoms with Crippen LogP contribution in [0.25, 0.3) is 17.0 Å². The zero-order valence-corrected chi connectivity index (χ0v) is 18.9. The summed E-state index contributed by atoms with van der Waals surface area (Å²) in [6.45, 7) is 4.62. The number of aromatic nitrogens is 2. The van der Waals surface area contributed by atoms with E-state index in [4.69, 9.17) is 4.99 Å². The van der Waals surface area contributed by atoms with E-state index >= 15 is 0 Å². The number of para-hydroxylation sites is 2. The molecule has 2 N–H and O–H groups in total. The largest absolute Gasteiger partial charge is 0.362 e. The van der Waals surface area contributed by atoms with Gasteiger partial charge in [0, 0.05) is 35.0 Å². The van der Waals surface area contributed by atoms with Crippen molar-refractivity contribution < 1.29 is 4.79 Å². The Balaban J connectivity index is 1.46. The molecule has 0 spiro atoms. The third-order valence-corrected chi connectivity index (χ3v) is 6.63. The molecule has 160 valence electrons. The lowest BCUT2D eigenvalue weighted by Crippen LogP contribution is -2.31. The average molecular weight is 441 g/mol. The van der Waals surface area contributed by atoms with Crippen LogP contribution in [0.3, 0.4) is 0 Å². The Morgan fingerprint density at radius 1 is 1.06 bits per heavy atom. The SMILES string of the molecule is Cc1cc(/C=C2\SC(=Nc3ccccc3)N(CCc3c[nH]c4ccccc34)C2=O)c(C)[nH]1. The fourth-order valence-electron chi connectivity index (χ4n) is 4.01. The molecule has 1 aliphatic heterocycles. The highest BCUT2D eigenvalue weighted by atomic mass is 32.2. The van der Waals surface area contributed by atoms with E-state index in [-0.39, 0.29) is 5.91 Å². The number of hydrogen-bond donors (Lipinski definition) is 2. The van der Waals surface area contributed by atoms with Crippen molar-refractivity contribution in [3.8, 4) is 0 Å². The molecule has 2 aromatic carbocycles. The highest BCUT2D eigenvalue weighted by Gasteiger charge is 2.33. The van der Waals surface area contributed by atoms with E-state index in [0.717, 1.165) is 39.7 Å². The number of H-pyrrole nitrogens is 2. The van der Waals surface area contributed by atoms with Crippen molar-refractivity contribution >= 4 is 45.5 Å². The van der Waals surface area contributed by atoms with Crippen molar-refractivity contribution in [2.45, 2.75) is 20.3 Å². The fraction of sp³-hybridized carbons (Fsp3) is 0.154. The number of aromatic amines is 2. The van der Waals surface area contributed by atoms with E-state index < -0.39 is 0 Å². The molecule has 0 unspecified atom stereocenters. The zero-order chi connectivity index (χ0) is 22.1. The van der Waals surface area contributed by atoms with Crippen LogP contribution in [-0.4, -0.2) is 32.5 Å². The number of nitrogens with one attached hydrogen (secondary N) is 2. The molecule has 1 aliphatic rings. The van der Waals surface area contributed by atoms with Gasteiger partial charge in [-0.15, -0.1) is 0 Å². The quantitative estimate of drug-likeness (QED) is 0.376. The molecule has 1 saturated heterocycles. The van der Waals surface area contributed by atoms with Crippen LogP contribution in [0.4, 0.5) is 5.69 Å². The van der Waals surface area contributed by atoms with Gasteiger partial charge in [-0.1, -0.05) is 36.4 Å². The van der Waals surface area contributed by atoms with E-state index in [1.165, 1.54) is 22.7 Å². The number of carbonyl (C=O) groups is 1. The van der Waals surface area contributed by atoms with Crippen LogP contribution in [0.1, 0.15) is 22.5 Å². The molecule has 5 rings (SSSR count). The first-order valence-corrected chi connectivity index (χ1v) is 11.5. The second-order valence-electron chi connectivity index (χ2n) is 7.94. The predicted octanol–water partition coefficient (Wildman–Crippen LogP) is 5.96. The second kappa shape index (κ2) is 8.55. The van der Waals surface area contributed by atoms with Crippen LogP contribution in [0.15, 0.2) is 76.8 Å². The third kappa shape index (κ3) is 4.01. The van der Waals surface area contributed by atoms with E-state index in [1.807, 2.05) is 68.6 Å². The Kier molecular flexibility index (Phi) is 5.45. The van der Waals surface area contributed by atoms with Crippen LogP contribution in [0.5, 0.6) is 0 Å². The Morgan fingerprint density at radius 2 is 1.84 bits per heavy atom. The predicted molar refractivity (Wildman–Crippen MR) is 133 cm³/mol. The zero-order valence-electron chi connectivity index (χ0n) is 18.1. The maximum absolute atomic E-state index is 13.4. The summed E-state index contributed by atoms with van der Waals surface area (Å²) >= 11 is 1.44. The lowest BCUT2D eigenvalue weighted by Gasteiger charge is -2.15. The van der Waals surface area contributed by atoms with E-state index in [0.29, 0.717) is 11.4 Å². The Hall–Kier alpha value is -3.51. The van der Waals surface area contributed by atoms with E-state index in [2.05, 4.69) is 28.2 Å². The molecule has 1 amide bonds. The molecule has 0 radical (unpaired) electrons. The topological polar surface area (TPSA) is 64.2 Å². The van der Waals surface area contributed by atoms with Gasteiger partial charge in [0.05, 0.1) is 10.6 Å². The van der Waals surface area contributed by atoms with Crippen LogP contribution >= 0.6 is 11.8 Å². The van der Waals surface area contributed by atoms with Gasteiger partial charge in [-0.25, -0.2) is 4.99 Å². The van der Waals surface area contributed by atoms with Gasteiger partial charge in [-0.2, -0.15) is 0 Å². The molecule has 2 aromatic heterocycles. The minimum Gasteiger partial charge on any atom is -0.362 e. The minimum absolute atomic E-state index is 0.00257. The summed E-state index contributed by atoms with van der Waals surface area (Å²) in [4.78, 5) is 27.3. The monoisotopic (exact) mass is 440 g/mol. The molecule has 32 heavy (non-hydrogen) atoms. The Labute approximate surface area is 191 Å². The van der Waals surface area contributed by atoms with Crippen LogP contribution in [0.2, 0.25) is 0 Å². The normalized spacial score (nSPS) is 16.7. The highest BCUT2D eigenvalue weighted by Crippen LogP contribution is 2.35. The van der Waals surface area contributed by atoms with Crippen LogP contribution in [-0.2, 0) is 11.2 Å². The summed E-state index contributed by atoms with van der Waals surface area (Å²) in [5.41, 5.74) is 6.33. The molecular weight excluding hydrogens is 416 g/mol. The molecule has 0 bridgehead atoms. The van der Waals surface area contributed by atoms with Crippen LogP contribution < -0.4 is 0 Å². The lowest BCUT2D eigenvalue weighted by atomic mass is 10.1. The molecular formula is C26H24N4OS. The first kappa shape index (κ1) is 20.4. The van der Waals surface area contributed by atoms with Crippen molar-refractivity contribution in [1.82, 2.24) is 14.9 Å². The molecule has 5 nitrogen and oxygen atoms in total. The van der Waals surface area contributed by atoms with Gasteiger partial charge in [0.2, 0.25) is 0 Å². The number of carbonyl (C=O) groups excluding carboxylic acids is 1. The number of rotatable bonds is 5. The summed E-state index contributed by atoms with van der Waals surface area (Å²) in [6.07, 6.45) is 4.76. The number of hydrogen-bond acceptors (Lipinski definition) is 3. The lowest BCUT2D eigenvalue weighted by molar-refractivity contribution is -0.122. The number of aliphatic imine (C=N–C) groups is 1. The van der Waals surface area contributed by atoms with Gasteiger partial charge in [-0.05, 0) is 73.5 Å². The smallest absolute Gasteiger partial charge is 0.266 e. The van der Waals surface area contributed by atoms with Crippen molar-refractivity contribution in [3.63, 3.8) is 0 Å². The highest BCUT2D eigenvalue weighted by molar-refractivity contribution is 8.18. The number of amidine groups is 1. The van der Waals surface area contributed by atoms with Gasteiger partial charge in [-0.3, -0.25) is 9.69 Å². The third-order valence-electron chi connectivity index (χ3n) is 5.62. The summed E-state index contributed by atoms with van der Waals surface area (Å²) in [7, 11) is 0. The summed E-state index contributed by atoms with van der Waals surface area (Å²) < 4.78 is 0. The number of thioether (sulfide) groups is 1. The number of aryl methyl sites for hydroxylation is 2. The summed E-state index contributed by atoms with van der Waals surface area (Å²) in [5.74, 6) is 0.00257. The minimum atomic E-state index is 0.00257. The molecule has 0 saturated carbocycles. The van der Waals surface area contributed by atoms with Crippen molar-refractivity contribution in [3.05, 3.63) is 94.3 Å². The van der Waals surface area contributed by atoms with E-state index in [1.54, 1.807) is 4.90 Å². The summed E-state index contributed by atoms with van der Waals surface area (Å²) in [6, 6.07) is 20.1. The molecule has 6 heteroatoms. The standard InChI is InChI=1S/C26H24N4OS/c1-17-14-20(18(2)28-17)15-24-25(31)30(26(32-24)29-21-8-4-3-5-9-21)13-12-19-16-27-23-11-7-6-10-22(19)23/h3-11,14-16,27-28H,12-13H2,1-2H3/b24-15-,29-26?. The van der Waals surface area contributed by atoms with Gasteiger partial charge in [0.15, 0.2) is 5.17 Å². The number of amides is 1. The van der Waals surface area contributed by atoms with Gasteiger partial charge < -0.3 is 9.97 Å².